The highest BCUT2D eigenvalue weighted by atomic mass is 32.2. The summed E-state index contributed by atoms with van der Waals surface area (Å²) in [6.07, 6.45) is 0.598. The van der Waals surface area contributed by atoms with E-state index in [0.717, 1.165) is 24.6 Å². The maximum absolute atomic E-state index is 12.5. The standard InChI is InChI=1S/C16H23N3OS/c17-15-10-19(9-14(15)12-4-2-1-3-5-12)16(20)8-13-11-21-7-6-18-13/h1-5,13-15,18H,6-11,17H2/t13?,14-,15+/m0/s1. The van der Waals surface area contributed by atoms with Crippen LogP contribution >= 0.6 is 11.8 Å². The van der Waals surface area contributed by atoms with Crippen molar-refractivity contribution in [3.8, 4) is 0 Å². The lowest BCUT2D eigenvalue weighted by Gasteiger charge is -2.25. The van der Waals surface area contributed by atoms with E-state index in [1.807, 2.05) is 34.9 Å². The molecule has 3 rings (SSSR count). The van der Waals surface area contributed by atoms with Crippen LogP contribution in [0.25, 0.3) is 0 Å². The molecule has 0 saturated carbocycles. The summed E-state index contributed by atoms with van der Waals surface area (Å²) >= 11 is 1.93. The van der Waals surface area contributed by atoms with Crippen molar-refractivity contribution in [1.29, 1.82) is 0 Å². The predicted octanol–water partition coefficient (Wildman–Crippen LogP) is 1.03. The Bertz CT molecular complexity index is 476. The summed E-state index contributed by atoms with van der Waals surface area (Å²) in [4.78, 5) is 14.4. The summed E-state index contributed by atoms with van der Waals surface area (Å²) in [5, 5.41) is 3.43. The minimum absolute atomic E-state index is 0.0463. The number of carbonyl (C=O) groups excluding carboxylic acids is 1. The van der Waals surface area contributed by atoms with Gasteiger partial charge in [-0.1, -0.05) is 30.3 Å². The van der Waals surface area contributed by atoms with Gasteiger partial charge < -0.3 is 16.0 Å². The van der Waals surface area contributed by atoms with E-state index < -0.39 is 0 Å². The fourth-order valence-corrected chi connectivity index (χ4v) is 4.13. The first-order valence-electron chi connectivity index (χ1n) is 7.63. The van der Waals surface area contributed by atoms with Crippen LogP contribution in [0, 0.1) is 0 Å². The van der Waals surface area contributed by atoms with Gasteiger partial charge in [-0.3, -0.25) is 4.79 Å². The fraction of sp³-hybridized carbons (Fsp3) is 0.562. The third-order valence-electron chi connectivity index (χ3n) is 4.37. The number of amides is 1. The average Bonchev–Trinajstić information content (AvgIpc) is 2.91. The molecule has 2 aliphatic heterocycles. The highest BCUT2D eigenvalue weighted by Gasteiger charge is 2.34. The molecule has 4 nitrogen and oxygen atoms in total. The van der Waals surface area contributed by atoms with Crippen molar-refractivity contribution in [3.63, 3.8) is 0 Å². The lowest BCUT2D eigenvalue weighted by atomic mass is 9.95. The van der Waals surface area contributed by atoms with Crippen LogP contribution in [-0.2, 0) is 4.79 Å². The molecule has 1 amide bonds. The van der Waals surface area contributed by atoms with Crippen molar-refractivity contribution in [1.82, 2.24) is 10.2 Å². The number of hydrogen-bond acceptors (Lipinski definition) is 4. The molecule has 3 atom stereocenters. The summed E-state index contributed by atoms with van der Waals surface area (Å²) in [6.45, 7) is 2.44. The molecule has 2 saturated heterocycles. The third-order valence-corrected chi connectivity index (χ3v) is 5.50. The maximum atomic E-state index is 12.5. The van der Waals surface area contributed by atoms with Crippen LogP contribution in [0.3, 0.4) is 0 Å². The lowest BCUT2D eigenvalue weighted by Crippen LogP contribution is -2.42. The van der Waals surface area contributed by atoms with E-state index in [4.69, 9.17) is 5.73 Å². The molecule has 0 radical (unpaired) electrons. The number of nitrogens with zero attached hydrogens (tertiary/aromatic N) is 1. The first-order valence-corrected chi connectivity index (χ1v) is 8.79. The molecule has 2 heterocycles. The van der Waals surface area contributed by atoms with Gasteiger partial charge in [0, 0.05) is 55.6 Å². The minimum Gasteiger partial charge on any atom is -0.340 e. The summed E-state index contributed by atoms with van der Waals surface area (Å²) in [5.41, 5.74) is 7.50. The number of nitrogens with one attached hydrogen (secondary N) is 1. The highest BCUT2D eigenvalue weighted by Crippen LogP contribution is 2.27. The second kappa shape index (κ2) is 6.81. The van der Waals surface area contributed by atoms with Crippen LogP contribution in [0.5, 0.6) is 0 Å². The molecule has 1 aromatic carbocycles. The van der Waals surface area contributed by atoms with Crippen LogP contribution in [0.2, 0.25) is 0 Å². The molecule has 0 aliphatic carbocycles. The second-order valence-corrected chi connectivity index (χ2v) is 7.06. The topological polar surface area (TPSA) is 58.4 Å². The zero-order chi connectivity index (χ0) is 14.7. The Kier molecular flexibility index (Phi) is 4.83. The van der Waals surface area contributed by atoms with Gasteiger partial charge in [0.15, 0.2) is 0 Å². The van der Waals surface area contributed by atoms with Gasteiger partial charge in [-0.25, -0.2) is 0 Å². The summed E-state index contributed by atoms with van der Waals surface area (Å²) in [7, 11) is 0. The van der Waals surface area contributed by atoms with E-state index in [1.54, 1.807) is 0 Å². The third kappa shape index (κ3) is 3.59. The number of likely N-dealkylation sites (tertiary alicyclic amines) is 1. The first-order chi connectivity index (χ1) is 10.2. The number of benzene rings is 1. The monoisotopic (exact) mass is 305 g/mol. The number of hydrogen-bond donors (Lipinski definition) is 2. The maximum Gasteiger partial charge on any atom is 0.224 e. The molecular weight excluding hydrogens is 282 g/mol. The van der Waals surface area contributed by atoms with Gasteiger partial charge in [0.1, 0.15) is 0 Å². The Morgan fingerprint density at radius 3 is 2.86 bits per heavy atom. The Labute approximate surface area is 130 Å². The smallest absolute Gasteiger partial charge is 0.224 e. The van der Waals surface area contributed by atoms with Crippen LogP contribution in [0.15, 0.2) is 30.3 Å². The quantitative estimate of drug-likeness (QED) is 0.876. The molecule has 2 fully saturated rings. The Morgan fingerprint density at radius 1 is 1.33 bits per heavy atom. The van der Waals surface area contributed by atoms with Gasteiger partial charge in [0.2, 0.25) is 5.91 Å². The Hall–Kier alpha value is -1.04. The van der Waals surface area contributed by atoms with Gasteiger partial charge in [-0.2, -0.15) is 11.8 Å². The summed E-state index contributed by atoms with van der Waals surface area (Å²) in [5.74, 6) is 2.69. The van der Waals surface area contributed by atoms with Crippen LogP contribution in [-0.4, -0.2) is 54.0 Å². The second-order valence-electron chi connectivity index (χ2n) is 5.91. The zero-order valence-corrected chi connectivity index (χ0v) is 13.0. The normalized spacial score (nSPS) is 29.6. The fourth-order valence-electron chi connectivity index (χ4n) is 3.18. The molecular formula is C16H23N3OS. The number of thioether (sulfide) groups is 1. The SMILES string of the molecule is N[C@@H]1CN(C(=O)CC2CSCCN2)C[C@H]1c1ccccc1. The minimum atomic E-state index is 0.0463. The van der Waals surface area contributed by atoms with Crippen LogP contribution in [0.1, 0.15) is 17.9 Å². The van der Waals surface area contributed by atoms with E-state index >= 15 is 0 Å². The highest BCUT2D eigenvalue weighted by molar-refractivity contribution is 7.99. The van der Waals surface area contributed by atoms with Crippen molar-refractivity contribution in [2.45, 2.75) is 24.4 Å². The molecule has 2 aliphatic rings. The van der Waals surface area contributed by atoms with Gasteiger partial charge in [0.25, 0.3) is 0 Å². The van der Waals surface area contributed by atoms with E-state index in [9.17, 15) is 4.79 Å². The van der Waals surface area contributed by atoms with Gasteiger partial charge in [-0.05, 0) is 5.56 Å². The van der Waals surface area contributed by atoms with Crippen molar-refractivity contribution in [3.05, 3.63) is 35.9 Å². The number of nitrogens with two attached hydrogens (primary N) is 1. The van der Waals surface area contributed by atoms with Gasteiger partial charge in [-0.15, -0.1) is 0 Å². The Balaban J connectivity index is 1.58. The van der Waals surface area contributed by atoms with E-state index in [-0.39, 0.29) is 17.9 Å². The molecule has 114 valence electrons. The van der Waals surface area contributed by atoms with Crippen LogP contribution < -0.4 is 11.1 Å². The molecule has 3 N–H and O–H groups in total. The van der Waals surface area contributed by atoms with Crippen molar-refractivity contribution < 1.29 is 4.79 Å². The van der Waals surface area contributed by atoms with E-state index in [1.165, 1.54) is 5.56 Å². The van der Waals surface area contributed by atoms with E-state index in [2.05, 4.69) is 17.4 Å². The molecule has 0 bridgehead atoms. The van der Waals surface area contributed by atoms with Crippen molar-refractivity contribution >= 4 is 17.7 Å². The summed E-state index contributed by atoms with van der Waals surface area (Å²) in [6, 6.07) is 10.7. The largest absolute Gasteiger partial charge is 0.340 e. The van der Waals surface area contributed by atoms with Gasteiger partial charge >= 0.3 is 0 Å². The number of carbonyl (C=O) groups is 1. The molecule has 1 aromatic rings. The molecule has 1 unspecified atom stereocenters. The van der Waals surface area contributed by atoms with Gasteiger partial charge in [0.05, 0.1) is 0 Å². The van der Waals surface area contributed by atoms with Crippen LogP contribution in [0.4, 0.5) is 0 Å². The Morgan fingerprint density at radius 2 is 2.14 bits per heavy atom. The molecule has 0 aromatic heterocycles. The first kappa shape index (κ1) is 14.9. The molecule has 21 heavy (non-hydrogen) atoms. The molecule has 0 spiro atoms. The number of rotatable bonds is 3. The molecule has 5 heteroatoms. The average molecular weight is 305 g/mol. The van der Waals surface area contributed by atoms with E-state index in [0.29, 0.717) is 19.0 Å². The zero-order valence-electron chi connectivity index (χ0n) is 12.2. The predicted molar refractivity (Wildman–Crippen MR) is 87.5 cm³/mol. The lowest BCUT2D eigenvalue weighted by molar-refractivity contribution is -0.130. The van der Waals surface area contributed by atoms with Crippen molar-refractivity contribution in [2.24, 2.45) is 5.73 Å². The van der Waals surface area contributed by atoms with Crippen molar-refractivity contribution in [2.75, 3.05) is 31.1 Å². The summed E-state index contributed by atoms with van der Waals surface area (Å²) < 4.78 is 0.